The average Bonchev–Trinajstić information content (AvgIpc) is 2.27. The number of carbonyl (C=O) groups excluding carboxylic acids is 1. The van der Waals surface area contributed by atoms with E-state index in [0.29, 0.717) is 23.5 Å². The van der Waals surface area contributed by atoms with Crippen LogP contribution in [0, 0.1) is 0 Å². The van der Waals surface area contributed by atoms with Crippen molar-refractivity contribution in [2.75, 3.05) is 6.61 Å². The summed E-state index contributed by atoms with van der Waals surface area (Å²) in [6.45, 7) is 4.08. The van der Waals surface area contributed by atoms with Gasteiger partial charge in [0, 0.05) is 5.56 Å². The van der Waals surface area contributed by atoms with Crippen LogP contribution in [0.25, 0.3) is 0 Å². The summed E-state index contributed by atoms with van der Waals surface area (Å²) in [5, 5.41) is 9.10. The molecule has 1 unspecified atom stereocenters. The van der Waals surface area contributed by atoms with Gasteiger partial charge in [-0.25, -0.2) is 0 Å². The van der Waals surface area contributed by atoms with Crippen LogP contribution in [0.4, 0.5) is 0 Å². The largest absolute Gasteiger partial charge is 0.494 e. The van der Waals surface area contributed by atoms with E-state index in [9.17, 15) is 4.79 Å². The van der Waals surface area contributed by atoms with Crippen LogP contribution in [0.3, 0.4) is 0 Å². The minimum atomic E-state index is -0.240. The molecule has 4 heteroatoms. The van der Waals surface area contributed by atoms with Crippen LogP contribution in [0.5, 0.6) is 5.75 Å². The number of halogens is 1. The highest BCUT2D eigenvalue weighted by Crippen LogP contribution is 2.20. The fraction of sp³-hybridized carbons (Fsp3) is 0.417. The summed E-state index contributed by atoms with van der Waals surface area (Å²) < 4.78 is 5.34. The van der Waals surface area contributed by atoms with Gasteiger partial charge in [-0.05, 0) is 37.6 Å². The molecule has 0 bridgehead atoms. The Kier molecular flexibility index (Phi) is 4.96. The van der Waals surface area contributed by atoms with Crippen molar-refractivity contribution in [3.8, 4) is 5.75 Å². The molecule has 0 aliphatic heterocycles. The number of benzene rings is 1. The molecule has 88 valence electrons. The minimum Gasteiger partial charge on any atom is -0.494 e. The van der Waals surface area contributed by atoms with Crippen LogP contribution in [-0.2, 0) is 6.61 Å². The standard InChI is InChI=1S/C12H15BrO3/c1-3-16-11-5-9(7-14)4-10(6-11)12(15)8(2)13/h4-6,8,14H,3,7H2,1-2H3. The molecule has 0 radical (unpaired) electrons. The average molecular weight is 287 g/mol. The summed E-state index contributed by atoms with van der Waals surface area (Å²) in [4.78, 5) is 11.5. The molecule has 1 rings (SSSR count). The van der Waals surface area contributed by atoms with Gasteiger partial charge in [-0.3, -0.25) is 4.79 Å². The van der Waals surface area contributed by atoms with Crippen LogP contribution in [0.2, 0.25) is 0 Å². The molecule has 1 N–H and O–H groups in total. The lowest BCUT2D eigenvalue weighted by Gasteiger charge is -2.09. The Morgan fingerprint density at radius 3 is 2.69 bits per heavy atom. The SMILES string of the molecule is CCOc1cc(CO)cc(C(=O)C(C)Br)c1. The Morgan fingerprint density at radius 1 is 1.50 bits per heavy atom. The fourth-order valence-corrected chi connectivity index (χ4v) is 1.64. The maximum atomic E-state index is 11.8. The number of Topliss-reactive ketones (excluding diaryl/α,β-unsaturated/α-hetero) is 1. The lowest BCUT2D eigenvalue weighted by atomic mass is 10.1. The van der Waals surface area contributed by atoms with Crippen molar-refractivity contribution in [3.05, 3.63) is 29.3 Å². The molecule has 0 amide bonds. The molecule has 0 aromatic heterocycles. The van der Waals surface area contributed by atoms with Crippen molar-refractivity contribution >= 4 is 21.7 Å². The Hall–Kier alpha value is -0.870. The fourth-order valence-electron chi connectivity index (χ4n) is 1.37. The molecule has 0 heterocycles. The number of hydrogen-bond acceptors (Lipinski definition) is 3. The molecule has 0 fully saturated rings. The second-order valence-electron chi connectivity index (χ2n) is 3.44. The van der Waals surface area contributed by atoms with E-state index >= 15 is 0 Å². The van der Waals surface area contributed by atoms with E-state index < -0.39 is 0 Å². The second kappa shape index (κ2) is 6.01. The zero-order chi connectivity index (χ0) is 12.1. The van der Waals surface area contributed by atoms with Crippen LogP contribution in [0.15, 0.2) is 18.2 Å². The van der Waals surface area contributed by atoms with Crippen molar-refractivity contribution in [2.24, 2.45) is 0 Å². The normalized spacial score (nSPS) is 12.2. The highest BCUT2D eigenvalue weighted by Gasteiger charge is 2.13. The zero-order valence-electron chi connectivity index (χ0n) is 9.37. The monoisotopic (exact) mass is 286 g/mol. The Balaban J connectivity index is 3.08. The predicted octanol–water partition coefficient (Wildman–Crippen LogP) is 2.54. The quantitative estimate of drug-likeness (QED) is 0.668. The van der Waals surface area contributed by atoms with Crippen molar-refractivity contribution in [1.29, 1.82) is 0 Å². The van der Waals surface area contributed by atoms with Gasteiger partial charge in [-0.1, -0.05) is 15.9 Å². The molecule has 1 atom stereocenters. The van der Waals surface area contributed by atoms with E-state index in [4.69, 9.17) is 9.84 Å². The van der Waals surface area contributed by atoms with Crippen LogP contribution in [0.1, 0.15) is 29.8 Å². The van der Waals surface area contributed by atoms with Crippen molar-refractivity contribution in [1.82, 2.24) is 0 Å². The second-order valence-corrected chi connectivity index (χ2v) is 4.81. The zero-order valence-corrected chi connectivity index (χ0v) is 11.0. The molecule has 0 saturated carbocycles. The third kappa shape index (κ3) is 3.32. The van der Waals surface area contributed by atoms with Gasteiger partial charge in [-0.15, -0.1) is 0 Å². The molecule has 16 heavy (non-hydrogen) atoms. The Morgan fingerprint density at radius 2 is 2.19 bits per heavy atom. The first-order chi connectivity index (χ1) is 7.58. The molecule has 1 aromatic carbocycles. The number of carbonyl (C=O) groups is 1. The number of ketones is 1. The highest BCUT2D eigenvalue weighted by atomic mass is 79.9. The first-order valence-corrected chi connectivity index (χ1v) is 6.06. The highest BCUT2D eigenvalue weighted by molar-refractivity contribution is 9.10. The summed E-state index contributed by atoms with van der Waals surface area (Å²) in [5.74, 6) is 0.599. The van der Waals surface area contributed by atoms with Gasteiger partial charge in [0.1, 0.15) is 5.75 Å². The van der Waals surface area contributed by atoms with E-state index in [1.54, 1.807) is 25.1 Å². The van der Waals surface area contributed by atoms with E-state index in [0.717, 1.165) is 0 Å². The molecule has 3 nitrogen and oxygen atoms in total. The molecular weight excluding hydrogens is 272 g/mol. The third-order valence-corrected chi connectivity index (χ3v) is 2.52. The number of hydrogen-bond donors (Lipinski definition) is 1. The van der Waals surface area contributed by atoms with Gasteiger partial charge >= 0.3 is 0 Å². The van der Waals surface area contributed by atoms with Gasteiger partial charge in [-0.2, -0.15) is 0 Å². The molecule has 0 saturated heterocycles. The van der Waals surface area contributed by atoms with E-state index in [1.165, 1.54) is 0 Å². The maximum absolute atomic E-state index is 11.8. The molecular formula is C12H15BrO3. The summed E-state index contributed by atoms with van der Waals surface area (Å²) >= 11 is 3.23. The molecule has 0 aliphatic carbocycles. The Bertz CT molecular complexity index is 375. The molecule has 0 aliphatic rings. The van der Waals surface area contributed by atoms with E-state index in [2.05, 4.69) is 15.9 Å². The number of rotatable bonds is 5. The first kappa shape index (κ1) is 13.2. The smallest absolute Gasteiger partial charge is 0.176 e. The summed E-state index contributed by atoms with van der Waals surface area (Å²) in [6.07, 6.45) is 0. The van der Waals surface area contributed by atoms with Gasteiger partial charge in [0.2, 0.25) is 0 Å². The first-order valence-electron chi connectivity index (χ1n) is 5.14. The summed E-state index contributed by atoms with van der Waals surface area (Å²) in [5.41, 5.74) is 1.24. The minimum absolute atomic E-state index is 0.0174. The number of aliphatic hydroxyl groups excluding tert-OH is 1. The van der Waals surface area contributed by atoms with Gasteiger partial charge in [0.25, 0.3) is 0 Å². The Labute approximate surface area is 104 Å². The van der Waals surface area contributed by atoms with Gasteiger partial charge in [0.05, 0.1) is 18.0 Å². The number of alkyl halides is 1. The molecule has 1 aromatic rings. The lowest BCUT2D eigenvalue weighted by Crippen LogP contribution is -2.10. The number of aliphatic hydroxyl groups is 1. The van der Waals surface area contributed by atoms with Gasteiger partial charge in [0.15, 0.2) is 5.78 Å². The summed E-state index contributed by atoms with van der Waals surface area (Å²) in [7, 11) is 0. The predicted molar refractivity (Wildman–Crippen MR) is 66.3 cm³/mol. The molecule has 0 spiro atoms. The van der Waals surface area contributed by atoms with E-state index in [-0.39, 0.29) is 17.2 Å². The number of ether oxygens (including phenoxy) is 1. The van der Waals surface area contributed by atoms with Crippen molar-refractivity contribution < 1.29 is 14.6 Å². The lowest BCUT2D eigenvalue weighted by molar-refractivity contribution is 0.0995. The van der Waals surface area contributed by atoms with E-state index in [1.807, 2.05) is 6.92 Å². The topological polar surface area (TPSA) is 46.5 Å². The van der Waals surface area contributed by atoms with Crippen LogP contribution in [-0.4, -0.2) is 22.3 Å². The van der Waals surface area contributed by atoms with Gasteiger partial charge < -0.3 is 9.84 Å². The third-order valence-electron chi connectivity index (χ3n) is 2.11. The van der Waals surface area contributed by atoms with Crippen LogP contribution < -0.4 is 4.74 Å². The van der Waals surface area contributed by atoms with Crippen molar-refractivity contribution in [3.63, 3.8) is 0 Å². The van der Waals surface area contributed by atoms with Crippen molar-refractivity contribution in [2.45, 2.75) is 25.3 Å². The summed E-state index contributed by atoms with van der Waals surface area (Å²) in [6, 6.07) is 5.12. The maximum Gasteiger partial charge on any atom is 0.176 e. The van der Waals surface area contributed by atoms with Crippen LogP contribution >= 0.6 is 15.9 Å².